The predicted octanol–water partition coefficient (Wildman–Crippen LogP) is 4.14. The average molecular weight is 297 g/mol. The van der Waals surface area contributed by atoms with Crippen LogP contribution >= 0.6 is 0 Å². The molecule has 0 amide bonds. The Bertz CT molecular complexity index is 628. The number of hydrogen-bond donors (Lipinski definition) is 1. The van der Waals surface area contributed by atoms with Gasteiger partial charge in [0.25, 0.3) is 0 Å². The fourth-order valence-corrected chi connectivity index (χ4v) is 2.20. The van der Waals surface area contributed by atoms with Crippen molar-refractivity contribution in [1.82, 2.24) is 5.32 Å². The molecule has 0 aliphatic rings. The third kappa shape index (κ3) is 3.82. The van der Waals surface area contributed by atoms with Gasteiger partial charge in [-0.1, -0.05) is 13.0 Å². The quantitative estimate of drug-likeness (QED) is 0.818. The lowest BCUT2D eigenvalue weighted by atomic mass is 9.98. The molecule has 0 fully saturated rings. The van der Waals surface area contributed by atoms with Crippen molar-refractivity contribution in [2.45, 2.75) is 19.4 Å². The van der Waals surface area contributed by atoms with Gasteiger partial charge in [0, 0.05) is 6.04 Å². The van der Waals surface area contributed by atoms with Gasteiger partial charge in [-0.05, 0) is 54.4 Å². The van der Waals surface area contributed by atoms with Gasteiger partial charge in [-0.3, -0.25) is 0 Å². The minimum atomic E-state index is -0.963. The maximum absolute atomic E-state index is 13.7. The summed E-state index contributed by atoms with van der Waals surface area (Å²) in [4.78, 5) is 0. The lowest BCUT2D eigenvalue weighted by Gasteiger charge is -2.19. The Labute approximate surface area is 120 Å². The van der Waals surface area contributed by atoms with Gasteiger partial charge in [0.1, 0.15) is 11.6 Å². The minimum absolute atomic E-state index is 0.141. The number of likely N-dealkylation sites (N-methyl/N-ethyl adjacent to an activating group) is 1. The van der Waals surface area contributed by atoms with Gasteiger partial charge in [-0.25, -0.2) is 17.6 Å². The highest BCUT2D eigenvalue weighted by atomic mass is 19.2. The zero-order valence-corrected chi connectivity index (χ0v) is 11.5. The summed E-state index contributed by atoms with van der Waals surface area (Å²) < 4.78 is 53.2. The van der Waals surface area contributed by atoms with Gasteiger partial charge in [0.05, 0.1) is 0 Å². The van der Waals surface area contributed by atoms with Crippen molar-refractivity contribution in [2.24, 2.45) is 0 Å². The van der Waals surface area contributed by atoms with E-state index in [0.717, 1.165) is 30.3 Å². The van der Waals surface area contributed by atoms with Gasteiger partial charge >= 0.3 is 0 Å². The van der Waals surface area contributed by atoms with Crippen molar-refractivity contribution in [3.05, 3.63) is 70.8 Å². The number of rotatable bonds is 5. The Morgan fingerprint density at radius 1 is 0.905 bits per heavy atom. The second-order valence-corrected chi connectivity index (χ2v) is 4.72. The second-order valence-electron chi connectivity index (χ2n) is 4.72. The van der Waals surface area contributed by atoms with E-state index in [1.54, 1.807) is 0 Å². The zero-order valence-electron chi connectivity index (χ0n) is 11.5. The molecule has 0 bridgehead atoms. The molecule has 1 N–H and O–H groups in total. The first-order chi connectivity index (χ1) is 10.0. The Morgan fingerprint density at radius 3 is 2.29 bits per heavy atom. The fourth-order valence-electron chi connectivity index (χ4n) is 2.20. The number of hydrogen-bond acceptors (Lipinski definition) is 1. The van der Waals surface area contributed by atoms with Crippen molar-refractivity contribution in [1.29, 1.82) is 0 Å². The molecule has 1 nitrogen and oxygen atoms in total. The summed E-state index contributed by atoms with van der Waals surface area (Å²) in [6.45, 7) is 2.40. The van der Waals surface area contributed by atoms with Crippen LogP contribution in [0.4, 0.5) is 17.6 Å². The van der Waals surface area contributed by atoms with E-state index in [4.69, 9.17) is 0 Å². The van der Waals surface area contributed by atoms with Gasteiger partial charge < -0.3 is 5.32 Å². The third-order valence-electron chi connectivity index (χ3n) is 3.23. The summed E-state index contributed by atoms with van der Waals surface area (Å²) in [5.74, 6) is -2.96. The SMILES string of the molecule is CCNC(Cc1cc(F)ccc1F)c1ccc(F)c(F)c1. The van der Waals surface area contributed by atoms with Crippen molar-refractivity contribution in [3.63, 3.8) is 0 Å². The summed E-state index contributed by atoms with van der Waals surface area (Å²) >= 11 is 0. The third-order valence-corrected chi connectivity index (χ3v) is 3.23. The highest BCUT2D eigenvalue weighted by Crippen LogP contribution is 2.22. The van der Waals surface area contributed by atoms with Crippen LogP contribution in [0, 0.1) is 23.3 Å². The maximum atomic E-state index is 13.7. The lowest BCUT2D eigenvalue weighted by molar-refractivity contribution is 0.492. The van der Waals surface area contributed by atoms with Crippen molar-refractivity contribution >= 4 is 0 Å². The van der Waals surface area contributed by atoms with Crippen molar-refractivity contribution in [2.75, 3.05) is 6.54 Å². The van der Waals surface area contributed by atoms with E-state index < -0.39 is 29.3 Å². The first-order valence-corrected chi connectivity index (χ1v) is 6.63. The molecule has 0 heterocycles. The molecule has 2 aromatic rings. The molecular formula is C16H15F4N. The smallest absolute Gasteiger partial charge is 0.159 e. The summed E-state index contributed by atoms with van der Waals surface area (Å²) in [5, 5.41) is 3.06. The topological polar surface area (TPSA) is 12.0 Å². The molecule has 0 radical (unpaired) electrons. The van der Waals surface area contributed by atoms with Crippen LogP contribution in [-0.2, 0) is 6.42 Å². The van der Waals surface area contributed by atoms with Gasteiger partial charge in [0.2, 0.25) is 0 Å². The Balaban J connectivity index is 2.30. The molecular weight excluding hydrogens is 282 g/mol. The first kappa shape index (κ1) is 15.5. The molecule has 1 atom stereocenters. The summed E-state index contributed by atoms with van der Waals surface area (Å²) in [6.07, 6.45) is 0.141. The van der Waals surface area contributed by atoms with Gasteiger partial charge in [0.15, 0.2) is 11.6 Å². The van der Waals surface area contributed by atoms with Crippen LogP contribution in [0.2, 0.25) is 0 Å². The molecule has 1 unspecified atom stereocenters. The molecule has 0 aromatic heterocycles. The number of benzene rings is 2. The van der Waals surface area contributed by atoms with Crippen LogP contribution in [0.25, 0.3) is 0 Å². The van der Waals surface area contributed by atoms with Crippen molar-refractivity contribution < 1.29 is 17.6 Å². The normalized spacial score (nSPS) is 12.4. The molecule has 0 aliphatic carbocycles. The number of halogens is 4. The van der Waals surface area contributed by atoms with Crippen LogP contribution in [0.15, 0.2) is 36.4 Å². The standard InChI is InChI=1S/C16H15F4N/c1-2-21-16(10-3-5-14(19)15(20)8-10)9-11-7-12(17)4-6-13(11)18/h3-8,16,21H,2,9H2,1H3. The fraction of sp³-hybridized carbons (Fsp3) is 0.250. The molecule has 0 aliphatic heterocycles. The minimum Gasteiger partial charge on any atom is -0.310 e. The first-order valence-electron chi connectivity index (χ1n) is 6.63. The largest absolute Gasteiger partial charge is 0.310 e. The van der Waals surface area contributed by atoms with E-state index in [9.17, 15) is 17.6 Å². The van der Waals surface area contributed by atoms with E-state index in [-0.39, 0.29) is 12.0 Å². The van der Waals surface area contributed by atoms with Crippen LogP contribution < -0.4 is 5.32 Å². The molecule has 2 aromatic carbocycles. The van der Waals surface area contributed by atoms with E-state index in [0.29, 0.717) is 12.1 Å². The molecule has 112 valence electrons. The maximum Gasteiger partial charge on any atom is 0.159 e. The summed E-state index contributed by atoms with van der Waals surface area (Å²) in [7, 11) is 0. The highest BCUT2D eigenvalue weighted by molar-refractivity contribution is 5.26. The van der Waals surface area contributed by atoms with Gasteiger partial charge in [-0.2, -0.15) is 0 Å². The summed E-state index contributed by atoms with van der Waals surface area (Å²) in [6, 6.07) is 6.30. The van der Waals surface area contributed by atoms with E-state index >= 15 is 0 Å². The van der Waals surface area contributed by atoms with E-state index in [1.807, 2.05) is 6.92 Å². The van der Waals surface area contributed by atoms with Crippen LogP contribution in [0.3, 0.4) is 0 Å². The molecule has 0 saturated heterocycles. The van der Waals surface area contributed by atoms with E-state index in [2.05, 4.69) is 5.32 Å². The Kier molecular flexibility index (Phi) is 4.96. The van der Waals surface area contributed by atoms with Crippen LogP contribution in [0.1, 0.15) is 24.1 Å². The Morgan fingerprint density at radius 2 is 1.62 bits per heavy atom. The zero-order chi connectivity index (χ0) is 15.4. The monoisotopic (exact) mass is 297 g/mol. The Hall–Kier alpha value is -1.88. The van der Waals surface area contributed by atoms with Gasteiger partial charge in [-0.15, -0.1) is 0 Å². The van der Waals surface area contributed by atoms with Crippen LogP contribution in [0.5, 0.6) is 0 Å². The van der Waals surface area contributed by atoms with Crippen LogP contribution in [-0.4, -0.2) is 6.54 Å². The van der Waals surface area contributed by atoms with Crippen molar-refractivity contribution in [3.8, 4) is 0 Å². The molecule has 21 heavy (non-hydrogen) atoms. The predicted molar refractivity (Wildman–Crippen MR) is 72.8 cm³/mol. The number of nitrogens with one attached hydrogen (secondary N) is 1. The second kappa shape index (κ2) is 6.72. The lowest BCUT2D eigenvalue weighted by Crippen LogP contribution is -2.23. The average Bonchev–Trinajstić information content (AvgIpc) is 2.45. The molecule has 2 rings (SSSR count). The molecule has 0 saturated carbocycles. The van der Waals surface area contributed by atoms with E-state index in [1.165, 1.54) is 6.07 Å². The molecule has 0 spiro atoms. The highest BCUT2D eigenvalue weighted by Gasteiger charge is 2.16. The molecule has 5 heteroatoms. The summed E-state index contributed by atoms with van der Waals surface area (Å²) in [5.41, 5.74) is 0.671.